The fourth-order valence-electron chi connectivity index (χ4n) is 4.72. The summed E-state index contributed by atoms with van der Waals surface area (Å²) in [4.78, 5) is 0. The van der Waals surface area contributed by atoms with Gasteiger partial charge in [0.05, 0.1) is 0 Å². The molecular weight excluding hydrogens is 156 g/mol. The van der Waals surface area contributed by atoms with Crippen LogP contribution >= 0.6 is 0 Å². The van der Waals surface area contributed by atoms with E-state index in [0.29, 0.717) is 0 Å². The normalized spacial score (nSPS) is 53.3. The van der Waals surface area contributed by atoms with E-state index in [1.807, 2.05) is 0 Å². The summed E-state index contributed by atoms with van der Waals surface area (Å²) in [6.07, 6.45) is 9.36. The topological polar surface area (TPSA) is 0 Å². The number of rotatable bonds is 1. The molecular formula is C13H21. The average Bonchev–Trinajstić information content (AvgIpc) is 2.00. The van der Waals surface area contributed by atoms with Crippen LogP contribution in [0, 0.1) is 29.1 Å². The Kier molecular flexibility index (Phi) is 1.61. The molecule has 0 aromatic rings. The molecule has 0 N–H and O–H groups in total. The highest BCUT2D eigenvalue weighted by molar-refractivity contribution is 5.11. The molecule has 4 aliphatic rings. The second-order valence-electron chi connectivity index (χ2n) is 6.20. The van der Waals surface area contributed by atoms with Crippen molar-refractivity contribution in [2.75, 3.05) is 0 Å². The third-order valence-electron chi connectivity index (χ3n) is 5.10. The Morgan fingerprint density at radius 3 is 1.54 bits per heavy atom. The first-order valence-electron chi connectivity index (χ1n) is 5.98. The summed E-state index contributed by atoms with van der Waals surface area (Å²) in [6, 6.07) is 0. The maximum Gasteiger partial charge on any atom is -0.0233 e. The molecule has 0 heterocycles. The predicted molar refractivity (Wildman–Crippen MR) is 55.2 cm³/mol. The van der Waals surface area contributed by atoms with E-state index in [1.165, 1.54) is 0 Å². The van der Waals surface area contributed by atoms with Crippen LogP contribution < -0.4 is 0 Å². The number of hydrogen-bond acceptors (Lipinski definition) is 0. The fraction of sp³-hybridized carbons (Fsp3) is 0.923. The van der Waals surface area contributed by atoms with Gasteiger partial charge in [-0.25, -0.2) is 0 Å². The highest BCUT2D eigenvalue weighted by atomic mass is 14.6. The van der Waals surface area contributed by atoms with Crippen LogP contribution in [0.15, 0.2) is 0 Å². The zero-order chi connectivity index (χ0) is 9.05. The molecule has 4 rings (SSSR count). The molecule has 0 atom stereocenters. The molecule has 0 aromatic heterocycles. The summed E-state index contributed by atoms with van der Waals surface area (Å²) < 4.78 is 0. The van der Waals surface area contributed by atoms with E-state index in [-0.39, 0.29) is 0 Å². The van der Waals surface area contributed by atoms with Gasteiger partial charge in [-0.15, -0.1) is 0 Å². The molecule has 0 nitrogen and oxygen atoms in total. The maximum atomic E-state index is 2.38. The molecule has 4 fully saturated rings. The van der Waals surface area contributed by atoms with Crippen molar-refractivity contribution in [3.8, 4) is 0 Å². The lowest BCUT2D eigenvalue weighted by Gasteiger charge is -2.58. The standard InChI is InChI=1S/C13H21/c1-9(2)13-6-10-3-11(7-13)5-12(4-10)8-13/h10-12H,3-8H2,1-2H3. The molecule has 4 aliphatic carbocycles. The molecule has 0 saturated heterocycles. The van der Waals surface area contributed by atoms with Gasteiger partial charge in [-0.1, -0.05) is 13.8 Å². The molecule has 0 unspecified atom stereocenters. The van der Waals surface area contributed by atoms with Gasteiger partial charge >= 0.3 is 0 Å². The first-order valence-corrected chi connectivity index (χ1v) is 5.98. The average molecular weight is 177 g/mol. The van der Waals surface area contributed by atoms with E-state index in [2.05, 4.69) is 13.8 Å². The third-order valence-corrected chi connectivity index (χ3v) is 5.10. The Labute approximate surface area is 82.1 Å². The Bertz CT molecular complexity index is 179. The lowest BCUT2D eigenvalue weighted by molar-refractivity contribution is -0.0425. The largest absolute Gasteiger partial charge is 0.0588 e. The summed E-state index contributed by atoms with van der Waals surface area (Å²) >= 11 is 0. The molecule has 0 aromatic carbocycles. The van der Waals surface area contributed by atoms with Crippen LogP contribution in [0.1, 0.15) is 52.4 Å². The van der Waals surface area contributed by atoms with Gasteiger partial charge in [0.25, 0.3) is 0 Å². The summed E-state index contributed by atoms with van der Waals surface area (Å²) in [6.45, 7) is 4.76. The molecule has 13 heavy (non-hydrogen) atoms. The van der Waals surface area contributed by atoms with E-state index >= 15 is 0 Å². The quantitative estimate of drug-likeness (QED) is 0.571. The lowest BCUT2D eigenvalue weighted by Crippen LogP contribution is -2.47. The first-order chi connectivity index (χ1) is 6.18. The SMILES string of the molecule is C[C](C)C12CC3CC(CC(C3)C1)C2. The van der Waals surface area contributed by atoms with Gasteiger partial charge in [-0.2, -0.15) is 0 Å². The van der Waals surface area contributed by atoms with Crippen LogP contribution in [0.25, 0.3) is 0 Å². The van der Waals surface area contributed by atoms with Crippen LogP contribution in [-0.2, 0) is 0 Å². The molecule has 4 saturated carbocycles. The molecule has 0 spiro atoms. The van der Waals surface area contributed by atoms with Crippen molar-refractivity contribution in [2.45, 2.75) is 52.4 Å². The van der Waals surface area contributed by atoms with E-state index in [9.17, 15) is 0 Å². The Morgan fingerprint density at radius 2 is 1.23 bits per heavy atom. The van der Waals surface area contributed by atoms with Crippen molar-refractivity contribution >= 4 is 0 Å². The lowest BCUT2D eigenvalue weighted by atomic mass is 9.47. The zero-order valence-corrected chi connectivity index (χ0v) is 8.97. The van der Waals surface area contributed by atoms with Crippen molar-refractivity contribution in [1.82, 2.24) is 0 Å². The Hall–Kier alpha value is 0. The van der Waals surface area contributed by atoms with E-state index < -0.39 is 0 Å². The van der Waals surface area contributed by atoms with E-state index in [0.717, 1.165) is 23.2 Å². The van der Waals surface area contributed by atoms with Crippen LogP contribution in [0.2, 0.25) is 0 Å². The second-order valence-corrected chi connectivity index (χ2v) is 6.20. The smallest absolute Gasteiger partial charge is 0.0233 e. The van der Waals surface area contributed by atoms with Crippen molar-refractivity contribution < 1.29 is 0 Å². The monoisotopic (exact) mass is 177 g/mol. The molecule has 0 aliphatic heterocycles. The second kappa shape index (κ2) is 2.52. The van der Waals surface area contributed by atoms with Crippen LogP contribution in [0.4, 0.5) is 0 Å². The van der Waals surface area contributed by atoms with Gasteiger partial charge in [0.1, 0.15) is 0 Å². The zero-order valence-electron chi connectivity index (χ0n) is 8.97. The minimum Gasteiger partial charge on any atom is -0.0588 e. The summed E-state index contributed by atoms with van der Waals surface area (Å²) in [5.41, 5.74) is 0.717. The summed E-state index contributed by atoms with van der Waals surface area (Å²) in [5, 5.41) is 0. The minimum absolute atomic E-state index is 0.717. The van der Waals surface area contributed by atoms with Crippen LogP contribution in [0.5, 0.6) is 0 Å². The Balaban J connectivity index is 1.91. The highest BCUT2D eigenvalue weighted by Crippen LogP contribution is 2.63. The van der Waals surface area contributed by atoms with E-state index in [1.54, 1.807) is 44.4 Å². The van der Waals surface area contributed by atoms with Crippen molar-refractivity contribution in [2.24, 2.45) is 23.2 Å². The first kappa shape index (κ1) is 8.32. The maximum absolute atomic E-state index is 2.38. The van der Waals surface area contributed by atoms with Crippen molar-refractivity contribution in [3.05, 3.63) is 5.92 Å². The van der Waals surface area contributed by atoms with Gasteiger partial charge in [0, 0.05) is 0 Å². The molecule has 0 heteroatoms. The molecule has 73 valence electrons. The minimum atomic E-state index is 0.717. The van der Waals surface area contributed by atoms with Gasteiger partial charge in [-0.05, 0) is 67.6 Å². The summed E-state index contributed by atoms with van der Waals surface area (Å²) in [5.74, 6) is 5.08. The van der Waals surface area contributed by atoms with Crippen LogP contribution in [0.3, 0.4) is 0 Å². The van der Waals surface area contributed by atoms with Crippen LogP contribution in [-0.4, -0.2) is 0 Å². The molecule has 0 amide bonds. The Morgan fingerprint density at radius 1 is 0.846 bits per heavy atom. The van der Waals surface area contributed by atoms with Crippen molar-refractivity contribution in [1.29, 1.82) is 0 Å². The van der Waals surface area contributed by atoms with Gasteiger partial charge in [-0.3, -0.25) is 0 Å². The van der Waals surface area contributed by atoms with Crippen molar-refractivity contribution in [3.63, 3.8) is 0 Å². The summed E-state index contributed by atoms with van der Waals surface area (Å²) in [7, 11) is 0. The number of hydrogen-bond donors (Lipinski definition) is 0. The highest BCUT2D eigenvalue weighted by Gasteiger charge is 2.51. The molecule has 4 bridgehead atoms. The van der Waals surface area contributed by atoms with Gasteiger partial charge in [0.15, 0.2) is 0 Å². The fourth-order valence-corrected chi connectivity index (χ4v) is 4.72. The third kappa shape index (κ3) is 1.10. The van der Waals surface area contributed by atoms with E-state index in [4.69, 9.17) is 0 Å². The predicted octanol–water partition coefficient (Wildman–Crippen LogP) is 3.82. The van der Waals surface area contributed by atoms with Gasteiger partial charge in [0.2, 0.25) is 0 Å². The molecule has 1 radical (unpaired) electrons. The van der Waals surface area contributed by atoms with Gasteiger partial charge < -0.3 is 0 Å².